The lowest BCUT2D eigenvalue weighted by molar-refractivity contribution is -0.118. The van der Waals surface area contributed by atoms with Crippen molar-refractivity contribution in [3.63, 3.8) is 0 Å². The molecule has 0 spiro atoms. The highest BCUT2D eigenvalue weighted by Crippen LogP contribution is 2.38. The fourth-order valence-corrected chi connectivity index (χ4v) is 4.80. The zero-order chi connectivity index (χ0) is 27.0. The Morgan fingerprint density at radius 2 is 1.74 bits per heavy atom. The number of piperidine rings is 1. The van der Waals surface area contributed by atoms with Gasteiger partial charge in [-0.2, -0.15) is 15.2 Å². The molecule has 10 heteroatoms. The third-order valence-corrected chi connectivity index (χ3v) is 7.47. The van der Waals surface area contributed by atoms with Crippen LogP contribution in [0.3, 0.4) is 0 Å². The highest BCUT2D eigenvalue weighted by atomic mass is 35.5. The molecule has 0 atom stereocenters. The van der Waals surface area contributed by atoms with E-state index < -0.39 is 0 Å². The van der Waals surface area contributed by atoms with Crippen molar-refractivity contribution in [1.29, 1.82) is 5.26 Å². The number of carbonyl (C=O) groups excluding carboxylic acids is 1. The third-order valence-electron chi connectivity index (χ3n) is 6.88. The first-order valence-electron chi connectivity index (χ1n) is 12.5. The lowest BCUT2D eigenvalue weighted by atomic mass is 9.82. The minimum atomic E-state index is -0.386. The van der Waals surface area contributed by atoms with Gasteiger partial charge in [0.15, 0.2) is 17.0 Å². The fraction of sp³-hybridized carbons (Fsp3) is 0.321. The second kappa shape index (κ2) is 10.2. The molecule has 0 saturated carbocycles. The summed E-state index contributed by atoms with van der Waals surface area (Å²) in [7, 11) is 0. The van der Waals surface area contributed by atoms with Crippen LogP contribution in [0.1, 0.15) is 33.6 Å². The highest BCUT2D eigenvalue weighted by molar-refractivity contribution is 6.33. The van der Waals surface area contributed by atoms with Gasteiger partial charge < -0.3 is 4.90 Å². The van der Waals surface area contributed by atoms with Crippen molar-refractivity contribution in [1.82, 2.24) is 19.5 Å². The lowest BCUT2D eigenvalue weighted by Gasteiger charge is -2.35. The maximum atomic E-state index is 12.6. The second-order valence-corrected chi connectivity index (χ2v) is 10.9. The predicted molar refractivity (Wildman–Crippen MR) is 151 cm³/mol. The number of hydrogen-bond donors (Lipinski definition) is 1. The molecule has 8 nitrogen and oxygen atoms in total. The molecule has 4 aromatic rings. The van der Waals surface area contributed by atoms with Crippen molar-refractivity contribution in [2.45, 2.75) is 33.6 Å². The molecule has 3 heterocycles. The molecule has 5 rings (SSSR count). The number of aromatic nitrogens is 4. The second-order valence-electron chi connectivity index (χ2n) is 10.1. The van der Waals surface area contributed by atoms with Crippen LogP contribution < -0.4 is 10.2 Å². The fourth-order valence-electron chi connectivity index (χ4n) is 4.46. The van der Waals surface area contributed by atoms with E-state index in [2.05, 4.69) is 16.3 Å². The summed E-state index contributed by atoms with van der Waals surface area (Å²) in [5.41, 5.74) is 2.24. The molecular weight excluding hydrogens is 521 g/mol. The summed E-state index contributed by atoms with van der Waals surface area (Å²) in [4.78, 5) is 29.3. The van der Waals surface area contributed by atoms with Gasteiger partial charge in [-0.1, -0.05) is 49.2 Å². The molecule has 194 valence electrons. The Labute approximate surface area is 231 Å². The van der Waals surface area contributed by atoms with Crippen molar-refractivity contribution < 1.29 is 4.79 Å². The standard InChI is InChI=1S/C28H27Cl2N7O/c1-17(2)26(38)35-27-33-24(36-14-12-28(3,16-31)13-15-36)22-25(34-27)37(19-10-8-18(29)9-11-19)23(32-22)20-6-4-5-7-21(20)30/h4-11,17H,12-15H2,1-3H3,(H,33,34,35,38). The van der Waals surface area contributed by atoms with E-state index in [1.54, 1.807) is 12.1 Å². The van der Waals surface area contributed by atoms with Crippen molar-refractivity contribution >= 4 is 52.0 Å². The van der Waals surface area contributed by atoms with E-state index in [9.17, 15) is 10.1 Å². The van der Waals surface area contributed by atoms with E-state index >= 15 is 0 Å². The monoisotopic (exact) mass is 547 g/mol. The molecule has 1 N–H and O–H groups in total. The first-order chi connectivity index (χ1) is 18.2. The maximum absolute atomic E-state index is 12.6. The minimum absolute atomic E-state index is 0.185. The molecule has 2 aromatic heterocycles. The lowest BCUT2D eigenvalue weighted by Crippen LogP contribution is -2.38. The Balaban J connectivity index is 1.77. The van der Waals surface area contributed by atoms with Gasteiger partial charge in [0.1, 0.15) is 5.82 Å². The van der Waals surface area contributed by atoms with Gasteiger partial charge in [-0.3, -0.25) is 14.7 Å². The normalized spacial score (nSPS) is 15.0. The number of nitriles is 1. The number of rotatable bonds is 5. The molecule has 2 aromatic carbocycles. The van der Waals surface area contributed by atoms with E-state index in [1.165, 1.54) is 0 Å². The zero-order valence-electron chi connectivity index (χ0n) is 21.4. The van der Waals surface area contributed by atoms with Gasteiger partial charge >= 0.3 is 0 Å². The van der Waals surface area contributed by atoms with E-state index in [4.69, 9.17) is 38.2 Å². The van der Waals surface area contributed by atoms with Crippen LogP contribution in [0.15, 0.2) is 48.5 Å². The maximum Gasteiger partial charge on any atom is 0.233 e. The molecule has 1 amide bonds. The molecule has 1 aliphatic heterocycles. The van der Waals surface area contributed by atoms with E-state index in [-0.39, 0.29) is 23.2 Å². The van der Waals surface area contributed by atoms with Gasteiger partial charge in [0.25, 0.3) is 0 Å². The summed E-state index contributed by atoms with van der Waals surface area (Å²) in [5, 5.41) is 13.6. The number of imidazole rings is 1. The summed E-state index contributed by atoms with van der Waals surface area (Å²) in [6.45, 7) is 6.87. The van der Waals surface area contributed by atoms with Gasteiger partial charge in [-0.25, -0.2) is 4.98 Å². The SMILES string of the molecule is CC(C)C(=O)Nc1nc(N2CCC(C)(C#N)CC2)c2nc(-c3ccccc3Cl)n(-c3ccc(Cl)cc3)c2n1. The molecular formula is C28H27Cl2N7O. The smallest absolute Gasteiger partial charge is 0.233 e. The number of nitrogens with zero attached hydrogens (tertiary/aromatic N) is 6. The van der Waals surface area contributed by atoms with Crippen molar-refractivity contribution in [2.24, 2.45) is 11.3 Å². The quantitative estimate of drug-likeness (QED) is 0.305. The molecule has 0 radical (unpaired) electrons. The first-order valence-corrected chi connectivity index (χ1v) is 13.2. The molecule has 1 aliphatic rings. The summed E-state index contributed by atoms with van der Waals surface area (Å²) < 4.78 is 1.91. The van der Waals surface area contributed by atoms with Crippen molar-refractivity contribution in [3.8, 4) is 23.1 Å². The van der Waals surface area contributed by atoms with Crippen LogP contribution >= 0.6 is 23.2 Å². The average molecular weight is 548 g/mol. The Morgan fingerprint density at radius 1 is 1.05 bits per heavy atom. The molecule has 1 saturated heterocycles. The minimum Gasteiger partial charge on any atom is -0.354 e. The topological polar surface area (TPSA) is 99.7 Å². The Kier molecular flexibility index (Phi) is 6.99. The number of halogens is 2. The Bertz CT molecular complexity index is 1550. The van der Waals surface area contributed by atoms with Gasteiger partial charge in [0.2, 0.25) is 11.9 Å². The van der Waals surface area contributed by atoms with Gasteiger partial charge in [0.05, 0.1) is 16.5 Å². The van der Waals surface area contributed by atoms with Crippen molar-refractivity contribution in [2.75, 3.05) is 23.3 Å². The number of anilines is 2. The van der Waals surface area contributed by atoms with Gasteiger partial charge in [-0.15, -0.1) is 0 Å². The third kappa shape index (κ3) is 4.92. The van der Waals surface area contributed by atoms with Gasteiger partial charge in [0, 0.05) is 35.3 Å². The first kappa shape index (κ1) is 26.0. The van der Waals surface area contributed by atoms with Crippen LogP contribution in [0.5, 0.6) is 0 Å². The van der Waals surface area contributed by atoms with Crippen LogP contribution in [0.2, 0.25) is 10.0 Å². The summed E-state index contributed by atoms with van der Waals surface area (Å²) >= 11 is 12.8. The van der Waals surface area contributed by atoms with Crippen LogP contribution in [-0.2, 0) is 4.79 Å². The number of nitrogens with one attached hydrogen (secondary N) is 1. The summed E-state index contributed by atoms with van der Waals surface area (Å²) in [6, 6.07) is 17.3. The average Bonchev–Trinajstić information content (AvgIpc) is 3.28. The molecule has 0 unspecified atom stereocenters. The number of amides is 1. The summed E-state index contributed by atoms with van der Waals surface area (Å²) in [5.74, 6) is 0.962. The molecule has 38 heavy (non-hydrogen) atoms. The van der Waals surface area contributed by atoms with E-state index in [0.717, 1.165) is 11.3 Å². The Morgan fingerprint density at radius 3 is 2.37 bits per heavy atom. The summed E-state index contributed by atoms with van der Waals surface area (Å²) in [6.07, 6.45) is 1.38. The van der Waals surface area contributed by atoms with Crippen LogP contribution in [0.4, 0.5) is 11.8 Å². The van der Waals surface area contributed by atoms with Crippen LogP contribution in [0, 0.1) is 22.7 Å². The highest BCUT2D eigenvalue weighted by Gasteiger charge is 2.33. The number of benzene rings is 2. The largest absolute Gasteiger partial charge is 0.354 e. The van der Waals surface area contributed by atoms with Gasteiger partial charge in [-0.05, 0) is 56.2 Å². The van der Waals surface area contributed by atoms with E-state index in [0.29, 0.717) is 58.8 Å². The molecule has 1 fully saturated rings. The zero-order valence-corrected chi connectivity index (χ0v) is 22.9. The molecule has 0 bridgehead atoms. The molecule has 0 aliphatic carbocycles. The number of fused-ring (bicyclic) bond motifs is 1. The van der Waals surface area contributed by atoms with Crippen LogP contribution in [-0.4, -0.2) is 38.5 Å². The number of carbonyl (C=O) groups is 1. The van der Waals surface area contributed by atoms with Crippen molar-refractivity contribution in [3.05, 3.63) is 58.6 Å². The van der Waals surface area contributed by atoms with E-state index in [1.807, 2.05) is 61.7 Å². The number of hydrogen-bond acceptors (Lipinski definition) is 6. The van der Waals surface area contributed by atoms with Crippen LogP contribution in [0.25, 0.3) is 28.2 Å². The predicted octanol–water partition coefficient (Wildman–Crippen LogP) is 6.51. The Hall–Kier alpha value is -3.67.